The lowest BCUT2D eigenvalue weighted by molar-refractivity contribution is -0.151. The lowest BCUT2D eigenvalue weighted by Gasteiger charge is -2.29. The quantitative estimate of drug-likeness (QED) is 0.855. The Morgan fingerprint density at radius 3 is 2.88 bits per heavy atom. The van der Waals surface area contributed by atoms with Gasteiger partial charge in [0.2, 0.25) is 0 Å². The van der Waals surface area contributed by atoms with Gasteiger partial charge < -0.3 is 14.3 Å². The zero-order valence-electron chi connectivity index (χ0n) is 14.7. The van der Waals surface area contributed by atoms with E-state index >= 15 is 0 Å². The van der Waals surface area contributed by atoms with Crippen LogP contribution < -0.4 is 0 Å². The Labute approximate surface area is 143 Å². The molecule has 2 saturated heterocycles. The minimum Gasteiger partial charge on any atom is -0.481 e. The van der Waals surface area contributed by atoms with E-state index in [1.807, 2.05) is 19.1 Å². The van der Waals surface area contributed by atoms with Crippen LogP contribution in [-0.2, 0) is 16.1 Å². The van der Waals surface area contributed by atoms with Crippen molar-refractivity contribution in [2.24, 2.45) is 11.3 Å². The van der Waals surface area contributed by atoms with Crippen LogP contribution in [0.3, 0.4) is 0 Å². The maximum absolute atomic E-state index is 12.1. The molecule has 2 fully saturated rings. The highest BCUT2D eigenvalue weighted by Gasteiger charge is 2.53. The van der Waals surface area contributed by atoms with Crippen LogP contribution in [0.1, 0.15) is 24.4 Å². The molecule has 0 saturated carbocycles. The maximum Gasteiger partial charge on any atom is 0.311 e. The number of ether oxygens (including phenoxy) is 1. The molecular weight excluding hydrogens is 308 g/mol. The summed E-state index contributed by atoms with van der Waals surface area (Å²) in [4.78, 5) is 16.7. The summed E-state index contributed by atoms with van der Waals surface area (Å²) in [6, 6.07) is 4.00. The third kappa shape index (κ3) is 3.50. The molecule has 1 N–H and O–H groups in total. The number of furan rings is 1. The van der Waals surface area contributed by atoms with Crippen LogP contribution in [0.5, 0.6) is 0 Å². The SMILES string of the molecule is COCCN1C[C@@H]2CN(Cc3ccc(C)o3)CCC[C@]2(C(=O)O)C1. The number of carboxylic acids is 1. The van der Waals surface area contributed by atoms with Crippen LogP contribution >= 0.6 is 0 Å². The number of methoxy groups -OCH3 is 1. The number of rotatable bonds is 6. The van der Waals surface area contributed by atoms with Crippen LogP contribution in [-0.4, -0.2) is 67.3 Å². The molecule has 0 aliphatic carbocycles. The highest BCUT2D eigenvalue weighted by atomic mass is 16.5. The molecule has 6 nitrogen and oxygen atoms in total. The summed E-state index contributed by atoms with van der Waals surface area (Å²) >= 11 is 0. The molecule has 2 aliphatic rings. The predicted molar refractivity (Wildman–Crippen MR) is 89.8 cm³/mol. The van der Waals surface area contributed by atoms with Crippen molar-refractivity contribution in [2.45, 2.75) is 26.3 Å². The van der Waals surface area contributed by atoms with Crippen molar-refractivity contribution in [3.63, 3.8) is 0 Å². The summed E-state index contributed by atoms with van der Waals surface area (Å²) in [7, 11) is 1.69. The number of hydrogen-bond donors (Lipinski definition) is 1. The van der Waals surface area contributed by atoms with Gasteiger partial charge in [0.15, 0.2) is 0 Å². The highest BCUT2D eigenvalue weighted by molar-refractivity contribution is 5.76. The first-order chi connectivity index (χ1) is 11.5. The highest BCUT2D eigenvalue weighted by Crippen LogP contribution is 2.43. The van der Waals surface area contributed by atoms with E-state index in [9.17, 15) is 9.90 Å². The van der Waals surface area contributed by atoms with Gasteiger partial charge in [-0.05, 0) is 38.4 Å². The van der Waals surface area contributed by atoms with E-state index < -0.39 is 11.4 Å². The van der Waals surface area contributed by atoms with Gasteiger partial charge in [0.05, 0.1) is 18.6 Å². The number of aryl methyl sites for hydroxylation is 1. The van der Waals surface area contributed by atoms with Gasteiger partial charge in [-0.15, -0.1) is 0 Å². The van der Waals surface area contributed by atoms with E-state index in [1.165, 1.54) is 0 Å². The number of nitrogens with zero attached hydrogens (tertiary/aromatic N) is 2. The van der Waals surface area contributed by atoms with Gasteiger partial charge in [0.1, 0.15) is 11.5 Å². The van der Waals surface area contributed by atoms with E-state index in [4.69, 9.17) is 9.15 Å². The number of hydrogen-bond acceptors (Lipinski definition) is 5. The fraction of sp³-hybridized carbons (Fsp3) is 0.722. The molecule has 0 amide bonds. The molecule has 0 spiro atoms. The fourth-order valence-corrected chi connectivity index (χ4v) is 4.29. The minimum atomic E-state index is -0.636. The van der Waals surface area contributed by atoms with Crippen LogP contribution in [0.15, 0.2) is 16.5 Å². The van der Waals surface area contributed by atoms with Crippen molar-refractivity contribution in [3.8, 4) is 0 Å². The second kappa shape index (κ2) is 7.25. The second-order valence-corrected chi connectivity index (χ2v) is 7.24. The van der Waals surface area contributed by atoms with Gasteiger partial charge in [-0.1, -0.05) is 0 Å². The van der Waals surface area contributed by atoms with Crippen molar-refractivity contribution >= 4 is 5.97 Å². The Balaban J connectivity index is 1.71. The average Bonchev–Trinajstić information content (AvgIpc) is 3.05. The van der Waals surface area contributed by atoms with Crippen molar-refractivity contribution < 1.29 is 19.1 Å². The molecule has 3 heterocycles. The predicted octanol–water partition coefficient (Wildman–Crippen LogP) is 1.83. The number of fused-ring (bicyclic) bond motifs is 1. The third-order valence-electron chi connectivity index (χ3n) is 5.55. The smallest absolute Gasteiger partial charge is 0.311 e. The first-order valence-electron chi connectivity index (χ1n) is 8.76. The van der Waals surface area contributed by atoms with E-state index in [1.54, 1.807) is 7.11 Å². The minimum absolute atomic E-state index is 0.158. The Bertz CT molecular complexity index is 573. The van der Waals surface area contributed by atoms with Gasteiger partial charge in [-0.25, -0.2) is 0 Å². The third-order valence-corrected chi connectivity index (χ3v) is 5.55. The summed E-state index contributed by atoms with van der Waals surface area (Å²) in [5, 5.41) is 9.95. The number of carboxylic acid groups (broad SMARTS) is 1. The maximum atomic E-state index is 12.1. The van der Waals surface area contributed by atoms with Gasteiger partial charge in [-0.2, -0.15) is 0 Å². The molecule has 6 heteroatoms. The first kappa shape index (κ1) is 17.5. The van der Waals surface area contributed by atoms with E-state index in [0.29, 0.717) is 13.2 Å². The van der Waals surface area contributed by atoms with Crippen molar-refractivity contribution in [1.82, 2.24) is 9.80 Å². The number of carbonyl (C=O) groups is 1. The topological polar surface area (TPSA) is 66.2 Å². The fourth-order valence-electron chi connectivity index (χ4n) is 4.29. The summed E-state index contributed by atoms with van der Waals surface area (Å²) in [5.41, 5.74) is -0.610. The molecule has 1 aromatic rings. The molecule has 2 atom stereocenters. The molecule has 3 rings (SSSR count). The average molecular weight is 336 g/mol. The Hall–Kier alpha value is -1.37. The van der Waals surface area contributed by atoms with E-state index in [2.05, 4.69) is 9.80 Å². The molecule has 2 aliphatic heterocycles. The molecule has 0 radical (unpaired) electrons. The molecule has 24 heavy (non-hydrogen) atoms. The summed E-state index contributed by atoms with van der Waals surface area (Å²) in [6.45, 7) is 7.40. The lowest BCUT2D eigenvalue weighted by Crippen LogP contribution is -2.41. The van der Waals surface area contributed by atoms with Gasteiger partial charge in [0.25, 0.3) is 0 Å². The summed E-state index contributed by atoms with van der Waals surface area (Å²) in [6.07, 6.45) is 1.67. The molecule has 1 aromatic heterocycles. The molecular formula is C18H28N2O4. The van der Waals surface area contributed by atoms with Crippen molar-refractivity contribution in [2.75, 3.05) is 46.4 Å². The zero-order chi connectivity index (χ0) is 17.2. The molecule has 0 unspecified atom stereocenters. The van der Waals surface area contributed by atoms with Crippen LogP contribution in [0.25, 0.3) is 0 Å². The van der Waals surface area contributed by atoms with Crippen molar-refractivity contribution in [3.05, 3.63) is 23.7 Å². The van der Waals surface area contributed by atoms with E-state index in [0.717, 1.165) is 57.1 Å². The largest absolute Gasteiger partial charge is 0.481 e. The normalized spacial score (nSPS) is 28.7. The number of likely N-dealkylation sites (tertiary alicyclic amines) is 2. The Morgan fingerprint density at radius 1 is 1.42 bits per heavy atom. The monoisotopic (exact) mass is 336 g/mol. The first-order valence-corrected chi connectivity index (χ1v) is 8.76. The molecule has 0 aromatic carbocycles. The van der Waals surface area contributed by atoms with Crippen LogP contribution in [0.2, 0.25) is 0 Å². The van der Waals surface area contributed by atoms with Gasteiger partial charge in [0, 0.05) is 39.2 Å². The molecule has 134 valence electrons. The van der Waals surface area contributed by atoms with Crippen molar-refractivity contribution in [1.29, 1.82) is 0 Å². The van der Waals surface area contributed by atoms with Gasteiger partial charge >= 0.3 is 5.97 Å². The van der Waals surface area contributed by atoms with Crippen LogP contribution in [0.4, 0.5) is 0 Å². The molecule has 0 bridgehead atoms. The zero-order valence-corrected chi connectivity index (χ0v) is 14.7. The van der Waals surface area contributed by atoms with E-state index in [-0.39, 0.29) is 5.92 Å². The Kier molecular flexibility index (Phi) is 5.27. The number of aliphatic carboxylic acids is 1. The lowest BCUT2D eigenvalue weighted by atomic mass is 9.75. The van der Waals surface area contributed by atoms with Gasteiger partial charge in [-0.3, -0.25) is 14.6 Å². The summed E-state index contributed by atoms with van der Waals surface area (Å²) < 4.78 is 10.9. The Morgan fingerprint density at radius 2 is 2.21 bits per heavy atom. The standard InChI is InChI=1S/C18H28N2O4/c1-14-4-5-16(24-14)12-19-7-3-6-18(17(21)22)13-20(8-9-23-2)11-15(18)10-19/h4-5,15H,3,6-13H2,1-2H3,(H,21,22)/t15-,18-/m0/s1. The van der Waals surface area contributed by atoms with Crippen LogP contribution in [0, 0.1) is 18.3 Å². The second-order valence-electron chi connectivity index (χ2n) is 7.24. The summed E-state index contributed by atoms with van der Waals surface area (Å²) in [5.74, 6) is 1.41.